The number of anilines is 1. The van der Waals surface area contributed by atoms with Crippen molar-refractivity contribution in [3.63, 3.8) is 0 Å². The predicted octanol–water partition coefficient (Wildman–Crippen LogP) is 3.66. The molecule has 0 aliphatic rings. The zero-order valence-corrected chi connectivity index (χ0v) is 12.8. The molecule has 0 bridgehead atoms. The molecule has 0 radical (unpaired) electrons. The molecule has 0 atom stereocenters. The van der Waals surface area contributed by atoms with Crippen LogP contribution < -0.4 is 11.1 Å². The fourth-order valence-electron chi connectivity index (χ4n) is 2.13. The largest absolute Gasteiger partial charge is 0.370 e. The molecule has 0 spiro atoms. The Labute approximate surface area is 126 Å². The maximum absolute atomic E-state index is 5.91. The number of nitrogens with two attached hydrogens (primary N) is 1. The number of hydrogen-bond acceptors (Lipinski definition) is 1. The second-order valence-corrected chi connectivity index (χ2v) is 5.28. The van der Waals surface area contributed by atoms with Crippen molar-refractivity contribution in [3.05, 3.63) is 65.2 Å². The SMILES string of the molecule is Cc1ccc(NC(N)=NCCCc2ccccc2)cc1C. The van der Waals surface area contributed by atoms with E-state index in [9.17, 15) is 0 Å². The lowest BCUT2D eigenvalue weighted by atomic mass is 10.1. The van der Waals surface area contributed by atoms with Gasteiger partial charge >= 0.3 is 0 Å². The van der Waals surface area contributed by atoms with E-state index in [1.165, 1.54) is 16.7 Å². The third-order valence-corrected chi connectivity index (χ3v) is 3.53. The number of guanidine groups is 1. The van der Waals surface area contributed by atoms with E-state index in [4.69, 9.17) is 5.73 Å². The Morgan fingerprint density at radius 3 is 2.52 bits per heavy atom. The molecular weight excluding hydrogens is 258 g/mol. The number of nitrogens with zero attached hydrogens (tertiary/aromatic N) is 1. The zero-order chi connectivity index (χ0) is 15.1. The lowest BCUT2D eigenvalue weighted by Gasteiger charge is -2.08. The molecule has 0 heterocycles. The average Bonchev–Trinajstić information content (AvgIpc) is 2.49. The van der Waals surface area contributed by atoms with Crippen LogP contribution in [0.4, 0.5) is 5.69 Å². The molecule has 3 heteroatoms. The molecule has 3 nitrogen and oxygen atoms in total. The van der Waals surface area contributed by atoms with Gasteiger partial charge in [0.15, 0.2) is 5.96 Å². The Hall–Kier alpha value is -2.29. The van der Waals surface area contributed by atoms with E-state index in [0.29, 0.717) is 5.96 Å². The molecule has 21 heavy (non-hydrogen) atoms. The number of aliphatic imine (C=N–C) groups is 1. The number of hydrogen-bond donors (Lipinski definition) is 2. The average molecular weight is 281 g/mol. The van der Waals surface area contributed by atoms with Gasteiger partial charge in [0.1, 0.15) is 0 Å². The maximum atomic E-state index is 5.91. The van der Waals surface area contributed by atoms with Crippen LogP contribution in [-0.2, 0) is 6.42 Å². The highest BCUT2D eigenvalue weighted by Gasteiger charge is 1.98. The molecule has 0 fully saturated rings. The summed E-state index contributed by atoms with van der Waals surface area (Å²) in [5, 5.41) is 3.14. The molecule has 0 saturated heterocycles. The summed E-state index contributed by atoms with van der Waals surface area (Å²) >= 11 is 0. The van der Waals surface area contributed by atoms with Crippen LogP contribution >= 0.6 is 0 Å². The van der Waals surface area contributed by atoms with Gasteiger partial charge in [-0.25, -0.2) is 0 Å². The quantitative estimate of drug-likeness (QED) is 0.499. The first-order valence-electron chi connectivity index (χ1n) is 7.33. The minimum absolute atomic E-state index is 0.478. The summed E-state index contributed by atoms with van der Waals surface area (Å²) in [5.74, 6) is 0.478. The molecule has 0 unspecified atom stereocenters. The van der Waals surface area contributed by atoms with Crippen LogP contribution in [0.3, 0.4) is 0 Å². The van der Waals surface area contributed by atoms with Crippen LogP contribution in [0.2, 0.25) is 0 Å². The standard InChI is InChI=1S/C18H23N3/c1-14-10-11-17(13-15(14)2)21-18(19)20-12-6-9-16-7-4-3-5-8-16/h3-5,7-8,10-11,13H,6,9,12H2,1-2H3,(H3,19,20,21). The van der Waals surface area contributed by atoms with E-state index in [1.807, 2.05) is 12.1 Å². The van der Waals surface area contributed by atoms with Crippen molar-refractivity contribution in [1.82, 2.24) is 0 Å². The summed E-state index contributed by atoms with van der Waals surface area (Å²) in [7, 11) is 0. The number of aryl methyl sites for hydroxylation is 3. The first kappa shape index (κ1) is 15.1. The Kier molecular flexibility index (Phi) is 5.38. The lowest BCUT2D eigenvalue weighted by Crippen LogP contribution is -2.23. The zero-order valence-electron chi connectivity index (χ0n) is 12.8. The normalized spacial score (nSPS) is 11.4. The van der Waals surface area contributed by atoms with Gasteiger partial charge in [-0.3, -0.25) is 4.99 Å². The van der Waals surface area contributed by atoms with E-state index in [2.05, 4.69) is 60.6 Å². The Balaban J connectivity index is 1.80. The summed E-state index contributed by atoms with van der Waals surface area (Å²) in [4.78, 5) is 4.37. The van der Waals surface area contributed by atoms with Gasteiger partial charge in [-0.1, -0.05) is 36.4 Å². The smallest absolute Gasteiger partial charge is 0.193 e. The van der Waals surface area contributed by atoms with E-state index in [-0.39, 0.29) is 0 Å². The van der Waals surface area contributed by atoms with Crippen LogP contribution in [0.25, 0.3) is 0 Å². The highest BCUT2D eigenvalue weighted by Crippen LogP contribution is 2.13. The van der Waals surface area contributed by atoms with Crippen molar-refractivity contribution in [2.45, 2.75) is 26.7 Å². The van der Waals surface area contributed by atoms with Crippen LogP contribution in [0, 0.1) is 13.8 Å². The van der Waals surface area contributed by atoms with Gasteiger partial charge in [0.05, 0.1) is 0 Å². The second kappa shape index (κ2) is 7.48. The molecule has 0 saturated carbocycles. The van der Waals surface area contributed by atoms with Gasteiger partial charge in [0.2, 0.25) is 0 Å². The third kappa shape index (κ3) is 4.95. The molecule has 0 aromatic heterocycles. The van der Waals surface area contributed by atoms with Gasteiger partial charge in [-0.2, -0.15) is 0 Å². The molecule has 0 aliphatic carbocycles. The summed E-state index contributed by atoms with van der Waals surface area (Å²) < 4.78 is 0. The van der Waals surface area contributed by atoms with Crippen molar-refractivity contribution < 1.29 is 0 Å². The molecular formula is C18H23N3. The second-order valence-electron chi connectivity index (χ2n) is 5.28. The highest BCUT2D eigenvalue weighted by molar-refractivity contribution is 5.92. The molecule has 2 aromatic carbocycles. The van der Waals surface area contributed by atoms with Crippen LogP contribution in [0.1, 0.15) is 23.1 Å². The van der Waals surface area contributed by atoms with Crippen molar-refractivity contribution in [2.24, 2.45) is 10.7 Å². The van der Waals surface area contributed by atoms with Crippen LogP contribution in [0.15, 0.2) is 53.5 Å². The van der Waals surface area contributed by atoms with E-state index >= 15 is 0 Å². The Morgan fingerprint density at radius 1 is 1.05 bits per heavy atom. The van der Waals surface area contributed by atoms with Gasteiger partial charge < -0.3 is 11.1 Å². The molecule has 2 rings (SSSR count). The summed E-state index contributed by atoms with van der Waals surface area (Å²) in [6.07, 6.45) is 2.03. The van der Waals surface area contributed by atoms with Gasteiger partial charge in [0, 0.05) is 12.2 Å². The number of nitrogens with one attached hydrogen (secondary N) is 1. The van der Waals surface area contributed by atoms with E-state index in [0.717, 1.165) is 25.1 Å². The van der Waals surface area contributed by atoms with Crippen molar-refractivity contribution in [1.29, 1.82) is 0 Å². The van der Waals surface area contributed by atoms with Crippen LogP contribution in [-0.4, -0.2) is 12.5 Å². The van der Waals surface area contributed by atoms with Gasteiger partial charge in [-0.05, 0) is 55.5 Å². The summed E-state index contributed by atoms with van der Waals surface area (Å²) in [5.41, 5.74) is 10.8. The Morgan fingerprint density at radius 2 is 1.81 bits per heavy atom. The molecule has 0 aliphatic heterocycles. The predicted molar refractivity (Wildman–Crippen MR) is 90.8 cm³/mol. The highest BCUT2D eigenvalue weighted by atomic mass is 15.1. The summed E-state index contributed by atoms with van der Waals surface area (Å²) in [6, 6.07) is 16.6. The van der Waals surface area contributed by atoms with E-state index < -0.39 is 0 Å². The molecule has 3 N–H and O–H groups in total. The minimum Gasteiger partial charge on any atom is -0.370 e. The third-order valence-electron chi connectivity index (χ3n) is 3.53. The molecule has 110 valence electrons. The topological polar surface area (TPSA) is 50.4 Å². The first-order chi connectivity index (χ1) is 10.1. The first-order valence-corrected chi connectivity index (χ1v) is 7.33. The number of rotatable bonds is 5. The van der Waals surface area contributed by atoms with E-state index in [1.54, 1.807) is 0 Å². The maximum Gasteiger partial charge on any atom is 0.193 e. The Bertz CT molecular complexity index is 603. The minimum atomic E-state index is 0.478. The molecule has 2 aromatic rings. The van der Waals surface area contributed by atoms with Crippen LogP contribution in [0.5, 0.6) is 0 Å². The van der Waals surface area contributed by atoms with Gasteiger partial charge in [-0.15, -0.1) is 0 Å². The lowest BCUT2D eigenvalue weighted by molar-refractivity contribution is 0.832. The van der Waals surface area contributed by atoms with Gasteiger partial charge in [0.25, 0.3) is 0 Å². The molecule has 0 amide bonds. The fraction of sp³-hybridized carbons (Fsp3) is 0.278. The van der Waals surface area contributed by atoms with Crippen molar-refractivity contribution in [3.8, 4) is 0 Å². The summed E-state index contributed by atoms with van der Waals surface area (Å²) in [6.45, 7) is 4.92. The monoisotopic (exact) mass is 281 g/mol. The van der Waals surface area contributed by atoms with Crippen molar-refractivity contribution >= 4 is 11.6 Å². The van der Waals surface area contributed by atoms with Crippen molar-refractivity contribution in [2.75, 3.05) is 11.9 Å². The fourth-order valence-corrected chi connectivity index (χ4v) is 2.13. The number of benzene rings is 2.